The summed E-state index contributed by atoms with van der Waals surface area (Å²) in [7, 11) is 0. The Hall–Kier alpha value is -2.43. The number of carbonyl (C=O) groups excluding carboxylic acids is 1. The summed E-state index contributed by atoms with van der Waals surface area (Å²) < 4.78 is 0. The first-order chi connectivity index (χ1) is 9.10. The van der Waals surface area contributed by atoms with Gasteiger partial charge in [-0.25, -0.2) is 4.98 Å². The lowest BCUT2D eigenvalue weighted by atomic mass is 10.1. The quantitative estimate of drug-likeness (QED) is 0.825. The van der Waals surface area contributed by atoms with Crippen LogP contribution in [0.15, 0.2) is 30.9 Å². The maximum absolute atomic E-state index is 11.3. The summed E-state index contributed by atoms with van der Waals surface area (Å²) >= 11 is 0. The number of aryl methyl sites for hydroxylation is 1. The summed E-state index contributed by atoms with van der Waals surface area (Å²) in [6, 6.07) is 5.85. The number of aromatic nitrogens is 2. The molecule has 2 rings (SSSR count). The number of rotatable bonds is 4. The van der Waals surface area contributed by atoms with Crippen LogP contribution in [0.4, 0.5) is 11.8 Å². The SMILES string of the molecule is C=CCNc1nc(NC(C)=O)c2cc(C)ccc2n1. The van der Waals surface area contributed by atoms with Gasteiger partial charge < -0.3 is 10.6 Å². The zero-order chi connectivity index (χ0) is 13.8. The van der Waals surface area contributed by atoms with Crippen LogP contribution in [-0.4, -0.2) is 22.4 Å². The first-order valence-corrected chi connectivity index (χ1v) is 6.01. The second-order valence-electron chi connectivity index (χ2n) is 4.27. The topological polar surface area (TPSA) is 66.9 Å². The highest BCUT2D eigenvalue weighted by atomic mass is 16.1. The number of hydrogen-bond acceptors (Lipinski definition) is 4. The minimum absolute atomic E-state index is 0.156. The van der Waals surface area contributed by atoms with Gasteiger partial charge in [0.15, 0.2) is 0 Å². The van der Waals surface area contributed by atoms with E-state index in [0.29, 0.717) is 18.3 Å². The van der Waals surface area contributed by atoms with Gasteiger partial charge in [-0.05, 0) is 19.1 Å². The molecule has 19 heavy (non-hydrogen) atoms. The Balaban J connectivity index is 2.54. The molecule has 5 heteroatoms. The van der Waals surface area contributed by atoms with E-state index in [1.807, 2.05) is 25.1 Å². The largest absolute Gasteiger partial charge is 0.351 e. The van der Waals surface area contributed by atoms with Crippen LogP contribution in [0.5, 0.6) is 0 Å². The Labute approximate surface area is 111 Å². The van der Waals surface area contributed by atoms with Gasteiger partial charge in [0.05, 0.1) is 5.52 Å². The molecule has 0 saturated heterocycles. The van der Waals surface area contributed by atoms with Crippen molar-refractivity contribution in [2.75, 3.05) is 17.2 Å². The summed E-state index contributed by atoms with van der Waals surface area (Å²) in [5.41, 5.74) is 1.88. The van der Waals surface area contributed by atoms with E-state index >= 15 is 0 Å². The molecule has 0 radical (unpaired) electrons. The molecule has 0 aliphatic rings. The maximum atomic E-state index is 11.3. The predicted octanol–water partition coefficient (Wildman–Crippen LogP) is 2.49. The van der Waals surface area contributed by atoms with E-state index in [1.54, 1.807) is 6.08 Å². The molecule has 5 nitrogen and oxygen atoms in total. The molecule has 2 N–H and O–H groups in total. The zero-order valence-corrected chi connectivity index (χ0v) is 11.0. The van der Waals surface area contributed by atoms with Crippen LogP contribution in [0.2, 0.25) is 0 Å². The van der Waals surface area contributed by atoms with Crippen LogP contribution in [0, 0.1) is 6.92 Å². The molecule has 1 aromatic heterocycles. The lowest BCUT2D eigenvalue weighted by molar-refractivity contribution is -0.114. The monoisotopic (exact) mass is 256 g/mol. The normalized spacial score (nSPS) is 10.2. The Kier molecular flexibility index (Phi) is 3.75. The van der Waals surface area contributed by atoms with Crippen LogP contribution in [0.1, 0.15) is 12.5 Å². The van der Waals surface area contributed by atoms with Crippen molar-refractivity contribution in [3.05, 3.63) is 36.4 Å². The summed E-state index contributed by atoms with van der Waals surface area (Å²) in [4.78, 5) is 20.0. The molecule has 1 amide bonds. The lowest BCUT2D eigenvalue weighted by Crippen LogP contribution is -2.11. The molecule has 0 spiro atoms. The second kappa shape index (κ2) is 5.48. The molecule has 1 aromatic carbocycles. The van der Waals surface area contributed by atoms with Crippen LogP contribution in [0.25, 0.3) is 10.9 Å². The predicted molar refractivity (Wildman–Crippen MR) is 77.3 cm³/mol. The summed E-state index contributed by atoms with van der Waals surface area (Å²) in [5.74, 6) is 0.837. The number of anilines is 2. The van der Waals surface area contributed by atoms with Gasteiger partial charge in [0.25, 0.3) is 0 Å². The number of nitrogens with one attached hydrogen (secondary N) is 2. The van der Waals surface area contributed by atoms with E-state index in [9.17, 15) is 4.79 Å². The van der Waals surface area contributed by atoms with Crippen LogP contribution in [0.3, 0.4) is 0 Å². The minimum Gasteiger partial charge on any atom is -0.351 e. The maximum Gasteiger partial charge on any atom is 0.225 e. The van der Waals surface area contributed by atoms with Crippen molar-refractivity contribution in [3.8, 4) is 0 Å². The Morgan fingerprint density at radius 1 is 1.42 bits per heavy atom. The molecule has 0 unspecified atom stereocenters. The number of carbonyl (C=O) groups is 1. The average molecular weight is 256 g/mol. The first kappa shape index (κ1) is 13.0. The van der Waals surface area contributed by atoms with E-state index in [4.69, 9.17) is 0 Å². The van der Waals surface area contributed by atoms with Gasteiger partial charge in [-0.2, -0.15) is 4.98 Å². The molecule has 0 fully saturated rings. The van der Waals surface area contributed by atoms with E-state index in [1.165, 1.54) is 6.92 Å². The molecule has 0 atom stereocenters. The van der Waals surface area contributed by atoms with Gasteiger partial charge in [0, 0.05) is 18.9 Å². The van der Waals surface area contributed by atoms with Crippen molar-refractivity contribution in [3.63, 3.8) is 0 Å². The highest BCUT2D eigenvalue weighted by molar-refractivity contribution is 5.99. The van der Waals surface area contributed by atoms with Crippen LogP contribution >= 0.6 is 0 Å². The Morgan fingerprint density at radius 2 is 2.21 bits per heavy atom. The van der Waals surface area contributed by atoms with Crippen molar-refractivity contribution in [2.24, 2.45) is 0 Å². The van der Waals surface area contributed by atoms with Crippen LogP contribution in [-0.2, 0) is 4.79 Å². The van der Waals surface area contributed by atoms with Crippen molar-refractivity contribution in [1.29, 1.82) is 0 Å². The van der Waals surface area contributed by atoms with Crippen molar-refractivity contribution in [1.82, 2.24) is 9.97 Å². The molecule has 2 aromatic rings. The fourth-order valence-electron chi connectivity index (χ4n) is 1.75. The van der Waals surface area contributed by atoms with Gasteiger partial charge >= 0.3 is 0 Å². The smallest absolute Gasteiger partial charge is 0.225 e. The van der Waals surface area contributed by atoms with Gasteiger partial charge in [-0.1, -0.05) is 17.7 Å². The molecule has 0 aliphatic heterocycles. The third-order valence-electron chi connectivity index (χ3n) is 2.55. The van der Waals surface area contributed by atoms with Gasteiger partial charge in [0.2, 0.25) is 11.9 Å². The molecule has 1 heterocycles. The zero-order valence-electron chi connectivity index (χ0n) is 11.0. The number of nitrogens with zero attached hydrogens (tertiary/aromatic N) is 2. The fourth-order valence-corrected chi connectivity index (χ4v) is 1.75. The summed E-state index contributed by atoms with van der Waals surface area (Å²) in [6.45, 7) is 7.64. The highest BCUT2D eigenvalue weighted by Gasteiger charge is 2.08. The molecule has 0 aliphatic carbocycles. The second-order valence-corrected chi connectivity index (χ2v) is 4.27. The number of benzene rings is 1. The Morgan fingerprint density at radius 3 is 2.89 bits per heavy atom. The van der Waals surface area contributed by atoms with Crippen molar-refractivity contribution < 1.29 is 4.79 Å². The van der Waals surface area contributed by atoms with Gasteiger partial charge in [0.1, 0.15) is 5.82 Å². The van der Waals surface area contributed by atoms with E-state index < -0.39 is 0 Å². The number of hydrogen-bond donors (Lipinski definition) is 2. The van der Waals surface area contributed by atoms with E-state index in [-0.39, 0.29) is 5.91 Å². The van der Waals surface area contributed by atoms with E-state index in [0.717, 1.165) is 16.5 Å². The number of fused-ring (bicyclic) bond motifs is 1. The molecule has 0 bridgehead atoms. The number of amides is 1. The lowest BCUT2D eigenvalue weighted by Gasteiger charge is -2.10. The standard InChI is InChI=1S/C14H16N4O/c1-4-7-15-14-17-12-6-5-9(2)8-11(12)13(18-14)16-10(3)19/h4-6,8H,1,7H2,2-3H3,(H2,15,16,17,18,19). The van der Waals surface area contributed by atoms with Crippen molar-refractivity contribution in [2.45, 2.75) is 13.8 Å². The van der Waals surface area contributed by atoms with Crippen molar-refractivity contribution >= 4 is 28.6 Å². The van der Waals surface area contributed by atoms with Gasteiger partial charge in [-0.3, -0.25) is 4.79 Å². The molecule has 0 saturated carbocycles. The third-order valence-corrected chi connectivity index (χ3v) is 2.55. The minimum atomic E-state index is -0.156. The third kappa shape index (κ3) is 3.07. The summed E-state index contributed by atoms with van der Waals surface area (Å²) in [6.07, 6.45) is 1.72. The first-order valence-electron chi connectivity index (χ1n) is 6.01. The van der Waals surface area contributed by atoms with Crippen LogP contribution < -0.4 is 10.6 Å². The van der Waals surface area contributed by atoms with Gasteiger partial charge in [-0.15, -0.1) is 6.58 Å². The fraction of sp³-hybridized carbons (Fsp3) is 0.214. The average Bonchev–Trinajstić information content (AvgIpc) is 2.36. The highest BCUT2D eigenvalue weighted by Crippen LogP contribution is 2.23. The van der Waals surface area contributed by atoms with E-state index in [2.05, 4.69) is 27.2 Å². The Bertz CT molecular complexity index is 637. The molecular formula is C14H16N4O. The summed E-state index contributed by atoms with van der Waals surface area (Å²) in [5, 5.41) is 6.59. The molecule has 98 valence electrons. The molecular weight excluding hydrogens is 240 g/mol.